The molecule has 135 heavy (non-hydrogen) atoms. The Kier molecular flexibility index (Phi) is 32.2. The van der Waals surface area contributed by atoms with Crippen LogP contribution in [0.15, 0.2) is 89.4 Å². The lowest BCUT2D eigenvalue weighted by atomic mass is 9.47. The van der Waals surface area contributed by atoms with Gasteiger partial charge in [-0.25, -0.2) is 25.0 Å². The normalized spacial score (nSPS) is 24.1. The van der Waals surface area contributed by atoms with Gasteiger partial charge >= 0.3 is 41.9 Å². The van der Waals surface area contributed by atoms with Crippen molar-refractivity contribution in [2.45, 2.75) is 188 Å². The van der Waals surface area contributed by atoms with Crippen LogP contribution in [0.25, 0.3) is 16.7 Å². The molecule has 5 aliphatic heterocycles. The number of H-pyrrole nitrogens is 1. The average Bonchev–Trinajstić information content (AvgIpc) is 1.48. The van der Waals surface area contributed by atoms with Crippen LogP contribution in [-0.2, 0) is 90.8 Å². The molecule has 3 fully saturated rings. The number of nitrogen functional groups attached to an aromatic ring is 1. The lowest BCUT2D eigenvalue weighted by Gasteiger charge is -2.63. The van der Waals surface area contributed by atoms with Crippen molar-refractivity contribution in [1.82, 2.24) is 61.9 Å². The second-order valence-corrected chi connectivity index (χ2v) is 38.1. The topological polar surface area (TPSA) is 670 Å². The van der Waals surface area contributed by atoms with Gasteiger partial charge in [0.2, 0.25) is 17.8 Å². The van der Waals surface area contributed by atoms with Crippen molar-refractivity contribution in [2.24, 2.45) is 34.8 Å². The van der Waals surface area contributed by atoms with Crippen molar-refractivity contribution in [2.75, 3.05) is 94.6 Å². The lowest BCUT2D eigenvalue weighted by molar-refractivity contribution is -0.204. The molecule has 3 aromatic carbocycles. The summed E-state index contributed by atoms with van der Waals surface area (Å²) in [6, 6.07) is 10.4. The van der Waals surface area contributed by atoms with Gasteiger partial charge in [-0.15, -0.1) is 0 Å². The molecule has 2 saturated heterocycles. The molecule has 7 heterocycles. The highest BCUT2D eigenvalue weighted by Gasteiger charge is 2.79. The van der Waals surface area contributed by atoms with Crippen molar-refractivity contribution in [3.63, 3.8) is 0 Å². The number of hydrogen-bond donors (Lipinski definition) is 19. The van der Waals surface area contributed by atoms with Crippen molar-refractivity contribution in [3.8, 4) is 5.75 Å². The van der Waals surface area contributed by atoms with E-state index in [0.717, 1.165) is 43.9 Å². The number of carbonyl (C=O) groups excluding carboxylic acids is 9. The number of aliphatic hydroxyl groups is 3. The van der Waals surface area contributed by atoms with Crippen LogP contribution in [0.4, 0.5) is 22.1 Å². The Morgan fingerprint density at radius 3 is 2.11 bits per heavy atom. The number of Topliss-reactive ketones (excluding diaryl/α,β-unsaturated/α-hetero) is 3. The molecule has 43 nitrogen and oxygen atoms in total. The van der Waals surface area contributed by atoms with Gasteiger partial charge in [0.05, 0.1) is 93.4 Å². The summed E-state index contributed by atoms with van der Waals surface area (Å²) in [5.41, 5.74) is 13.7. The number of guanidine groups is 1. The number of aliphatic hydroxyl groups excluding tert-OH is 1. The first-order valence-corrected chi connectivity index (χ1v) is 46.8. The summed E-state index contributed by atoms with van der Waals surface area (Å²) < 4.78 is 17.9. The number of likely N-dealkylation sites (N-methyl/N-ethyl adjacent to an activating group) is 1. The number of benzene rings is 3. The Hall–Kier alpha value is -12.7. The number of nitrogens with zero attached hydrogens (tertiary/aromatic N) is 6. The van der Waals surface area contributed by atoms with Gasteiger partial charge in [0.15, 0.2) is 34.3 Å². The summed E-state index contributed by atoms with van der Waals surface area (Å²) in [5, 5.41) is 109. The number of carboxylic acid groups (broad SMARTS) is 5. The number of nitrogens with one attached hydrogen (secondary N) is 9. The number of carbonyl (C=O) groups is 14. The van der Waals surface area contributed by atoms with Gasteiger partial charge in [-0.2, -0.15) is 4.98 Å². The molecule has 16 atom stereocenters. The smallest absolute Gasteiger partial charge is 0.426 e. The second-order valence-electron chi connectivity index (χ2n) is 35.4. The summed E-state index contributed by atoms with van der Waals surface area (Å²) >= 11 is 0. The number of methoxy groups -OCH3 is 2. The molecule has 1 saturated carbocycles. The van der Waals surface area contributed by atoms with Gasteiger partial charge in [-0.3, -0.25) is 87.9 Å². The predicted molar refractivity (Wildman–Crippen MR) is 488 cm³/mol. The quantitative estimate of drug-likeness (QED) is 0.00505. The SMILES string of the molecule is CC[C@]1(O)C[C@H]2CN(CCC3=C(Cc4ccccc43)[C@@](C(=O)OC)(c3cc4c(cc3OC)N(C)[C@H]3[C@@](O)(C(=O)NNC(=O)OCCSSC[C@H](CC(=O)[C@H](CC(=O)O)NC(=O)[C@H](CC(=O)O)CC(=O)[C@H](CCCNC(=N)N)NC(=O)[C@@H](CC(=O)O)CC(=O)CC[C@@H](NC(=O)c5ccc(NCc6cnc7nc(N)[nH]c(=O)c7n6)cc5)C(=O)O)C(=O)O)[C@H](O)[C@]5(CC)C=CCN6CC[C@]43[C@@H]65)C2)C1. The molecule has 21 N–H and O–H groups in total. The number of carboxylic acids is 5. The zero-order chi connectivity index (χ0) is 97.9. The average molecular weight is 1910 g/mol. The Labute approximate surface area is 781 Å². The number of aromatic amines is 1. The zero-order valence-corrected chi connectivity index (χ0v) is 76.6. The van der Waals surface area contributed by atoms with E-state index in [-0.39, 0.29) is 78.9 Å². The van der Waals surface area contributed by atoms with Crippen LogP contribution in [0.1, 0.15) is 155 Å². The fourth-order valence-corrected chi connectivity index (χ4v) is 23.1. The monoisotopic (exact) mass is 1910 g/mol. The van der Waals surface area contributed by atoms with Crippen LogP contribution in [0.5, 0.6) is 5.75 Å². The molecule has 1 spiro atoms. The van der Waals surface area contributed by atoms with E-state index in [1.54, 1.807) is 11.9 Å². The van der Waals surface area contributed by atoms with Gasteiger partial charge in [-0.1, -0.05) is 71.9 Å². The molecule has 12 rings (SSSR count). The van der Waals surface area contributed by atoms with E-state index < -0.39 is 234 Å². The molecule has 1 unspecified atom stereocenters. The highest BCUT2D eigenvalue weighted by Crippen LogP contribution is 2.68. The first-order valence-electron chi connectivity index (χ1n) is 44.3. The Morgan fingerprint density at radius 2 is 1.44 bits per heavy atom. The van der Waals surface area contributed by atoms with Crippen LogP contribution in [0.2, 0.25) is 0 Å². The Balaban J connectivity index is 0.656. The number of anilines is 3. The van der Waals surface area contributed by atoms with E-state index in [1.165, 1.54) is 44.7 Å². The molecule has 0 radical (unpaired) electrons. The van der Waals surface area contributed by atoms with E-state index in [4.69, 9.17) is 31.1 Å². The molecular formula is C90H113N17O26S2. The van der Waals surface area contributed by atoms with Crippen molar-refractivity contribution < 1.29 is 122 Å². The number of amides is 5. The number of nitrogens with two attached hydrogens (primary N) is 2. The molecule has 7 aliphatic rings. The minimum absolute atomic E-state index is 0.00893. The number of hydrogen-bond acceptors (Lipinski definition) is 32. The Bertz CT molecular complexity index is 5590. The van der Waals surface area contributed by atoms with E-state index in [2.05, 4.69) is 79.3 Å². The summed E-state index contributed by atoms with van der Waals surface area (Å²) in [7, 11) is 6.45. The zero-order valence-electron chi connectivity index (χ0n) is 75.0. The lowest BCUT2D eigenvalue weighted by Crippen LogP contribution is -2.82. The van der Waals surface area contributed by atoms with Crippen molar-refractivity contribution >= 4 is 144 Å². The van der Waals surface area contributed by atoms with Crippen molar-refractivity contribution in [3.05, 3.63) is 128 Å². The summed E-state index contributed by atoms with van der Waals surface area (Å²) in [6.07, 6.45) is -3.02. The number of fused-ring (bicyclic) bond motifs is 6. The fraction of sp³-hybridized carbons (Fsp3) is 0.522. The van der Waals surface area contributed by atoms with Crippen molar-refractivity contribution in [1.29, 1.82) is 5.41 Å². The van der Waals surface area contributed by atoms with E-state index in [1.807, 2.05) is 50.3 Å². The van der Waals surface area contributed by atoms with Gasteiger partial charge in [0.25, 0.3) is 17.4 Å². The largest absolute Gasteiger partial charge is 0.496 e. The minimum atomic E-state index is -2.73. The molecule has 45 heteroatoms. The molecular weight excluding hydrogens is 1800 g/mol. The van der Waals surface area contributed by atoms with E-state index in [0.29, 0.717) is 98.8 Å². The molecule has 2 bridgehead atoms. The number of rotatable bonds is 44. The van der Waals surface area contributed by atoms with Gasteiger partial charge in [0, 0.05) is 122 Å². The molecule has 726 valence electrons. The number of ether oxygens (including phenoxy) is 3. The van der Waals surface area contributed by atoms with Crippen LogP contribution >= 0.6 is 21.6 Å². The highest BCUT2D eigenvalue weighted by atomic mass is 33.1. The third-order valence-electron chi connectivity index (χ3n) is 27.1. The summed E-state index contributed by atoms with van der Waals surface area (Å²) in [4.78, 5) is 223. The third kappa shape index (κ3) is 21.8. The van der Waals surface area contributed by atoms with Crippen LogP contribution in [0.3, 0.4) is 0 Å². The number of aromatic nitrogens is 4. The predicted octanol–water partition coefficient (Wildman–Crippen LogP) is 2.07. The van der Waals surface area contributed by atoms with Gasteiger partial charge < -0.3 is 98.0 Å². The van der Waals surface area contributed by atoms with E-state index >= 15 is 9.59 Å². The van der Waals surface area contributed by atoms with Crippen LogP contribution in [-0.4, -0.2) is 286 Å². The van der Waals surface area contributed by atoms with Crippen LogP contribution in [0, 0.1) is 34.5 Å². The number of hydrazine groups is 1. The Morgan fingerprint density at radius 1 is 0.756 bits per heavy atom. The number of esters is 1. The molecule has 5 aromatic rings. The number of ketones is 3. The highest BCUT2D eigenvalue weighted by molar-refractivity contribution is 8.76. The van der Waals surface area contributed by atoms with Gasteiger partial charge in [0.1, 0.15) is 35.7 Å². The first kappa shape index (κ1) is 101. The molecule has 2 aromatic heterocycles. The van der Waals surface area contributed by atoms with Crippen LogP contribution < -0.4 is 64.1 Å². The second kappa shape index (κ2) is 42.9. The molecule has 5 amide bonds. The number of aliphatic carboxylic acids is 5. The van der Waals surface area contributed by atoms with Gasteiger partial charge in [-0.05, 0) is 135 Å². The maximum Gasteiger partial charge on any atom is 0.426 e. The summed E-state index contributed by atoms with van der Waals surface area (Å²) in [6.45, 7) is 6.04. The molecule has 2 aliphatic carbocycles. The standard InChI is InChI=1S/C90H113N17O26S2/c1-6-86(129)39-46-40-89(82(127)132-5,57-31-48-12-8-9-13-55(48)56(57)21-26-106(43-46)45-86)59-36-58-63(38-66(59)131-4)105(3)79-88(58)23-27-107-25-11-22-87(7-2,78(88)107)80(125)90(79,130)81(126)103-104-85(128)133-28-29-134-135-44-51(76(121)122)33-65(110)62(37-69(115)116)100-74(119)50(35-68(113)114)32-64(109)60(14-10-24-94-83(91)92)98-73(118)49(34-67(111)112)30-54(108)19-20-61(77(123)124)99-72(117)47-15-17-52(18-16-47)95-41-53-42-96-71-70(97-53)75(120)102-84(93)101-71/h8-9,11-13,15-18,22,36,38,42,46,49-51,60-62,78-80,95,125,129-130H,6-7,10,14,19-21,23-35,37,39-41,43-45H2,1-5H3,(H,98,118)(H,99,117)(H,100,119)(H,103,126)(H,104,128)(H,111,112)(H,113,114)(H,115,116)(H,121,122)(H,123,124)(H4,91,92,94)(H3,93,96,101,102,120)/t46-,49-,50+,51+,60+,61-,62+,78+,79-,80-,86+,87-,88-,89-,90+/m1/s1. The number of piperidine rings is 1. The fourth-order valence-electron chi connectivity index (χ4n) is 20.9. The maximum absolute atomic E-state index is 15.7. The van der Waals surface area contributed by atoms with E-state index in [9.17, 15) is 103 Å². The third-order valence-corrected chi connectivity index (χ3v) is 29.5. The first-order chi connectivity index (χ1) is 64.2. The maximum atomic E-state index is 15.7. The minimum Gasteiger partial charge on any atom is -0.496 e. The summed E-state index contributed by atoms with van der Waals surface area (Å²) in [5.74, 6) is -22.6.